The van der Waals surface area contributed by atoms with Gasteiger partial charge in [-0.05, 0) is 24.8 Å². The molecule has 0 radical (unpaired) electrons. The van der Waals surface area contributed by atoms with Crippen LogP contribution in [0.25, 0.3) is 6.08 Å². The molecule has 1 saturated heterocycles. The third kappa shape index (κ3) is 4.50. The largest absolute Gasteiger partial charge is 0.450 e. The highest BCUT2D eigenvalue weighted by molar-refractivity contribution is 5.98. The molecule has 0 bridgehead atoms. The molecule has 0 saturated carbocycles. The lowest BCUT2D eigenvalue weighted by atomic mass is 9.86. The summed E-state index contributed by atoms with van der Waals surface area (Å²) in [5.74, 6) is 0.851. The number of amides is 1. The number of Topliss-reactive ketones (excluding diaryl/α,β-unsaturated/α-hetero) is 1. The summed E-state index contributed by atoms with van der Waals surface area (Å²) in [6, 6.07) is 10.1. The molecular formula is C23H26N4O3. The molecule has 2 aliphatic rings. The first-order valence-corrected chi connectivity index (χ1v) is 10.4. The number of allylic oxidation sites excluding steroid dienone is 1. The van der Waals surface area contributed by atoms with Crippen molar-refractivity contribution in [3.8, 4) is 0 Å². The minimum absolute atomic E-state index is 0.0950. The number of hydrogen-bond acceptors (Lipinski definition) is 6. The molecule has 0 spiro atoms. The van der Waals surface area contributed by atoms with E-state index in [4.69, 9.17) is 9.72 Å². The van der Waals surface area contributed by atoms with E-state index in [2.05, 4.69) is 22.0 Å². The standard InChI is InChI=1S/C23H26N4O3/c1-2-30-23(29)27-12-10-26(11-13-27)22-24-16-19-20(25-22)14-18(15-21(19)28)9-8-17-6-4-3-5-7-17/h3-9,16,18H,2,10-15H2,1H3/b9-8+. The second-order valence-electron chi connectivity index (χ2n) is 7.56. The van der Waals surface area contributed by atoms with E-state index in [0.717, 1.165) is 17.7 Å². The first-order chi connectivity index (χ1) is 14.6. The molecule has 30 heavy (non-hydrogen) atoms. The zero-order chi connectivity index (χ0) is 20.9. The van der Waals surface area contributed by atoms with Gasteiger partial charge in [-0.25, -0.2) is 14.8 Å². The Morgan fingerprint density at radius 3 is 2.67 bits per heavy atom. The lowest BCUT2D eigenvalue weighted by Gasteiger charge is -2.34. The summed E-state index contributed by atoms with van der Waals surface area (Å²) in [4.78, 5) is 37.4. The van der Waals surface area contributed by atoms with Crippen LogP contribution >= 0.6 is 0 Å². The number of aromatic nitrogens is 2. The van der Waals surface area contributed by atoms with Crippen molar-refractivity contribution in [3.05, 3.63) is 59.4 Å². The minimum Gasteiger partial charge on any atom is -0.450 e. The average molecular weight is 406 g/mol. The van der Waals surface area contributed by atoms with Gasteiger partial charge in [-0.1, -0.05) is 42.5 Å². The highest BCUT2D eigenvalue weighted by Crippen LogP contribution is 2.27. The Hall–Kier alpha value is -3.22. The van der Waals surface area contributed by atoms with Crippen LogP contribution in [0.15, 0.2) is 42.6 Å². The number of carbonyl (C=O) groups is 2. The third-order valence-electron chi connectivity index (χ3n) is 5.51. The van der Waals surface area contributed by atoms with Gasteiger partial charge >= 0.3 is 6.09 Å². The number of carbonyl (C=O) groups excluding carboxylic acids is 2. The van der Waals surface area contributed by atoms with Crippen molar-refractivity contribution >= 4 is 23.9 Å². The molecule has 2 aromatic rings. The van der Waals surface area contributed by atoms with Gasteiger partial charge in [0.05, 0.1) is 17.9 Å². The summed E-state index contributed by atoms with van der Waals surface area (Å²) in [5, 5.41) is 0. The summed E-state index contributed by atoms with van der Waals surface area (Å²) in [6.07, 6.45) is 6.77. The Morgan fingerprint density at radius 1 is 1.17 bits per heavy atom. The van der Waals surface area contributed by atoms with Crippen LogP contribution in [0, 0.1) is 5.92 Å². The molecule has 1 amide bonds. The van der Waals surface area contributed by atoms with Crippen LogP contribution in [0.4, 0.5) is 10.7 Å². The third-order valence-corrected chi connectivity index (χ3v) is 5.51. The number of hydrogen-bond donors (Lipinski definition) is 0. The number of rotatable bonds is 4. The van der Waals surface area contributed by atoms with E-state index >= 15 is 0 Å². The van der Waals surface area contributed by atoms with Crippen molar-refractivity contribution in [2.24, 2.45) is 5.92 Å². The topological polar surface area (TPSA) is 75.6 Å². The van der Waals surface area contributed by atoms with E-state index in [1.54, 1.807) is 18.0 Å². The quantitative estimate of drug-likeness (QED) is 0.776. The van der Waals surface area contributed by atoms with Crippen molar-refractivity contribution in [2.45, 2.75) is 19.8 Å². The van der Waals surface area contributed by atoms with Crippen LogP contribution in [-0.4, -0.2) is 59.5 Å². The fourth-order valence-electron chi connectivity index (χ4n) is 3.87. The number of nitrogens with zero attached hydrogens (tertiary/aromatic N) is 4. The van der Waals surface area contributed by atoms with E-state index in [1.807, 2.05) is 30.3 Å². The number of anilines is 1. The number of fused-ring (bicyclic) bond motifs is 1. The normalized spacial score (nSPS) is 19.1. The maximum atomic E-state index is 12.6. The summed E-state index contributed by atoms with van der Waals surface area (Å²) in [5.41, 5.74) is 2.57. The molecular weight excluding hydrogens is 380 g/mol. The minimum atomic E-state index is -0.276. The lowest BCUT2D eigenvalue weighted by Crippen LogP contribution is -2.49. The number of ether oxygens (including phenoxy) is 1. The average Bonchev–Trinajstić information content (AvgIpc) is 2.78. The zero-order valence-electron chi connectivity index (χ0n) is 17.2. The molecule has 7 nitrogen and oxygen atoms in total. The number of ketones is 1. The van der Waals surface area contributed by atoms with Gasteiger partial charge in [0.25, 0.3) is 0 Å². The van der Waals surface area contributed by atoms with Crippen LogP contribution in [0.2, 0.25) is 0 Å². The van der Waals surface area contributed by atoms with E-state index in [1.165, 1.54) is 0 Å². The van der Waals surface area contributed by atoms with Gasteiger partial charge < -0.3 is 14.5 Å². The molecule has 1 aliphatic heterocycles. The second-order valence-corrected chi connectivity index (χ2v) is 7.56. The van der Waals surface area contributed by atoms with E-state index in [-0.39, 0.29) is 17.8 Å². The maximum Gasteiger partial charge on any atom is 0.409 e. The van der Waals surface area contributed by atoms with Crippen molar-refractivity contribution in [3.63, 3.8) is 0 Å². The van der Waals surface area contributed by atoms with Crippen LogP contribution in [0.5, 0.6) is 0 Å². The number of benzene rings is 1. The van der Waals surface area contributed by atoms with Crippen molar-refractivity contribution in [1.82, 2.24) is 14.9 Å². The fourth-order valence-corrected chi connectivity index (χ4v) is 3.87. The molecule has 0 N–H and O–H groups in total. The van der Waals surface area contributed by atoms with E-state index < -0.39 is 0 Å². The first-order valence-electron chi connectivity index (χ1n) is 10.4. The summed E-state index contributed by atoms with van der Waals surface area (Å²) >= 11 is 0. The second kappa shape index (κ2) is 9.07. The van der Waals surface area contributed by atoms with E-state index in [9.17, 15) is 9.59 Å². The Labute approximate surface area is 176 Å². The molecule has 4 rings (SSSR count). The lowest BCUT2D eigenvalue weighted by molar-refractivity contribution is 0.0956. The van der Waals surface area contributed by atoms with Crippen LogP contribution in [-0.2, 0) is 11.2 Å². The first kappa shape index (κ1) is 20.1. The maximum absolute atomic E-state index is 12.6. The predicted molar refractivity (Wildman–Crippen MR) is 114 cm³/mol. The Balaban J connectivity index is 1.44. The number of piperazine rings is 1. The molecule has 1 unspecified atom stereocenters. The SMILES string of the molecule is CCOC(=O)N1CCN(c2ncc3c(n2)CC(/C=C/c2ccccc2)CC3=O)CC1. The van der Waals surface area contributed by atoms with Crippen molar-refractivity contribution in [2.75, 3.05) is 37.7 Å². The van der Waals surface area contributed by atoms with Gasteiger partial charge in [0.1, 0.15) is 0 Å². The zero-order valence-corrected chi connectivity index (χ0v) is 17.2. The Bertz CT molecular complexity index is 937. The molecule has 1 aliphatic carbocycles. The molecule has 1 aromatic heterocycles. The van der Waals surface area contributed by atoms with Gasteiger partial charge in [-0.2, -0.15) is 0 Å². The van der Waals surface area contributed by atoms with Gasteiger partial charge in [0, 0.05) is 38.8 Å². The highest BCUT2D eigenvalue weighted by atomic mass is 16.6. The van der Waals surface area contributed by atoms with Gasteiger partial charge in [0.15, 0.2) is 5.78 Å². The van der Waals surface area contributed by atoms with Gasteiger partial charge in [-0.3, -0.25) is 4.79 Å². The molecule has 2 heterocycles. The smallest absolute Gasteiger partial charge is 0.409 e. The molecule has 1 fully saturated rings. The molecule has 156 valence electrons. The van der Waals surface area contributed by atoms with Gasteiger partial charge in [-0.15, -0.1) is 0 Å². The van der Waals surface area contributed by atoms with Crippen LogP contribution in [0.3, 0.4) is 0 Å². The van der Waals surface area contributed by atoms with Gasteiger partial charge in [0.2, 0.25) is 5.95 Å². The Kier molecular flexibility index (Phi) is 6.07. The monoisotopic (exact) mass is 406 g/mol. The predicted octanol–water partition coefficient (Wildman–Crippen LogP) is 3.21. The van der Waals surface area contributed by atoms with E-state index in [0.29, 0.717) is 50.7 Å². The molecule has 1 atom stereocenters. The summed E-state index contributed by atoms with van der Waals surface area (Å²) in [7, 11) is 0. The molecule has 1 aromatic carbocycles. The fraction of sp³-hybridized carbons (Fsp3) is 0.391. The Morgan fingerprint density at radius 2 is 1.93 bits per heavy atom. The van der Waals surface area contributed by atoms with Crippen molar-refractivity contribution in [1.29, 1.82) is 0 Å². The van der Waals surface area contributed by atoms with Crippen molar-refractivity contribution < 1.29 is 14.3 Å². The summed E-state index contributed by atoms with van der Waals surface area (Å²) in [6.45, 7) is 4.60. The highest BCUT2D eigenvalue weighted by Gasteiger charge is 2.28. The summed E-state index contributed by atoms with van der Waals surface area (Å²) < 4.78 is 5.07. The van der Waals surface area contributed by atoms with Crippen LogP contribution in [0.1, 0.15) is 35.0 Å². The molecule has 7 heteroatoms. The van der Waals surface area contributed by atoms with Crippen LogP contribution < -0.4 is 4.90 Å².